The van der Waals surface area contributed by atoms with E-state index < -0.39 is 12.1 Å². The molecule has 2 unspecified atom stereocenters. The van der Waals surface area contributed by atoms with Crippen molar-refractivity contribution in [1.82, 2.24) is 5.32 Å². The first-order valence-electron chi connectivity index (χ1n) is 9.86. The Bertz CT molecular complexity index is 784. The summed E-state index contributed by atoms with van der Waals surface area (Å²) in [5.41, 5.74) is 1.59. The molecule has 2 aromatic carbocycles. The molecule has 7 heteroatoms. The molecule has 0 aliphatic carbocycles. The van der Waals surface area contributed by atoms with E-state index in [4.69, 9.17) is 4.74 Å². The van der Waals surface area contributed by atoms with Gasteiger partial charge in [-0.3, -0.25) is 9.59 Å². The highest BCUT2D eigenvalue weighted by Gasteiger charge is 2.23. The average molecular weight is 448 g/mol. The molecule has 2 rings (SSSR count). The lowest BCUT2D eigenvalue weighted by Crippen LogP contribution is -2.40. The molecule has 2 aromatic rings. The molecule has 5 nitrogen and oxygen atoms in total. The second-order valence-electron chi connectivity index (χ2n) is 6.87. The van der Waals surface area contributed by atoms with Crippen molar-refractivity contribution >= 4 is 34.5 Å². The second kappa shape index (κ2) is 13.4. The minimum absolute atomic E-state index is 0.0661. The van der Waals surface area contributed by atoms with Gasteiger partial charge in [0.1, 0.15) is 12.0 Å². The minimum atomic E-state index is -0.877. The first kappa shape index (κ1) is 24.3. The zero-order valence-electron chi connectivity index (χ0n) is 17.4. The van der Waals surface area contributed by atoms with E-state index in [0.717, 1.165) is 35.2 Å². The Balaban J connectivity index is 2.02. The predicted octanol–water partition coefficient (Wildman–Crippen LogP) is 4.01. The highest BCUT2D eigenvalue weighted by atomic mass is 32.2. The number of rotatable bonds is 12. The maximum absolute atomic E-state index is 12.8. The molecule has 0 saturated carbocycles. The number of benzene rings is 2. The Morgan fingerprint density at radius 2 is 1.80 bits per heavy atom. The van der Waals surface area contributed by atoms with E-state index in [-0.39, 0.29) is 11.0 Å². The van der Waals surface area contributed by atoms with Gasteiger partial charge in [0.2, 0.25) is 11.0 Å². The van der Waals surface area contributed by atoms with Crippen LogP contribution in [0.2, 0.25) is 0 Å². The number of aliphatic hydroxyl groups excluding tert-OH is 1. The van der Waals surface area contributed by atoms with Gasteiger partial charge in [-0.1, -0.05) is 54.2 Å². The summed E-state index contributed by atoms with van der Waals surface area (Å²) in [5.74, 6) is 1.34. The van der Waals surface area contributed by atoms with Gasteiger partial charge in [-0.15, -0.1) is 0 Å². The van der Waals surface area contributed by atoms with Gasteiger partial charge >= 0.3 is 0 Å². The molecule has 0 spiro atoms. The minimum Gasteiger partial charge on any atom is -0.497 e. The summed E-state index contributed by atoms with van der Waals surface area (Å²) in [6, 6.07) is 16.6. The average Bonchev–Trinajstić information content (AvgIpc) is 2.77. The molecule has 1 amide bonds. The summed E-state index contributed by atoms with van der Waals surface area (Å²) >= 11 is 2.84. The monoisotopic (exact) mass is 447 g/mol. The largest absolute Gasteiger partial charge is 0.497 e. The van der Waals surface area contributed by atoms with Crippen molar-refractivity contribution in [3.8, 4) is 5.75 Å². The zero-order valence-corrected chi connectivity index (χ0v) is 19.0. The van der Waals surface area contributed by atoms with Crippen LogP contribution in [-0.2, 0) is 11.2 Å². The molecule has 2 atom stereocenters. The third-order valence-electron chi connectivity index (χ3n) is 4.57. The summed E-state index contributed by atoms with van der Waals surface area (Å²) in [5, 5.41) is 12.8. The van der Waals surface area contributed by atoms with E-state index >= 15 is 0 Å². The normalized spacial score (nSPS) is 12.8. The number of carbonyl (C=O) groups is 2. The van der Waals surface area contributed by atoms with E-state index in [1.165, 1.54) is 0 Å². The van der Waals surface area contributed by atoms with Crippen LogP contribution in [0.15, 0.2) is 54.6 Å². The van der Waals surface area contributed by atoms with E-state index in [9.17, 15) is 14.7 Å². The molecular weight excluding hydrogens is 418 g/mol. The molecule has 0 heterocycles. The Morgan fingerprint density at radius 3 is 2.43 bits per heavy atom. The third kappa shape index (κ3) is 8.42. The van der Waals surface area contributed by atoms with Crippen LogP contribution in [0.4, 0.5) is 0 Å². The van der Waals surface area contributed by atoms with Crippen LogP contribution in [0.3, 0.4) is 0 Å². The van der Waals surface area contributed by atoms with Gasteiger partial charge < -0.3 is 15.2 Å². The quantitative estimate of drug-likeness (QED) is 0.378. The summed E-state index contributed by atoms with van der Waals surface area (Å²) < 4.78 is 5.19. The molecule has 0 fully saturated rings. The number of hydrogen-bond donors (Lipinski definition) is 2. The van der Waals surface area contributed by atoms with Crippen LogP contribution in [0.5, 0.6) is 5.75 Å². The fraction of sp³-hybridized carbons (Fsp3) is 0.391. The highest BCUT2D eigenvalue weighted by molar-refractivity contribution is 8.14. The molecular formula is C23H29NO4S2. The van der Waals surface area contributed by atoms with E-state index in [1.54, 1.807) is 31.0 Å². The van der Waals surface area contributed by atoms with Crippen molar-refractivity contribution < 1.29 is 19.4 Å². The van der Waals surface area contributed by atoms with Crippen molar-refractivity contribution in [3.63, 3.8) is 0 Å². The lowest BCUT2D eigenvalue weighted by molar-refractivity contribution is -0.127. The number of ether oxygens (including phenoxy) is 1. The van der Waals surface area contributed by atoms with Crippen molar-refractivity contribution in [1.29, 1.82) is 0 Å². The van der Waals surface area contributed by atoms with Crippen LogP contribution in [0.1, 0.15) is 28.8 Å². The Morgan fingerprint density at radius 1 is 1.10 bits per heavy atom. The predicted molar refractivity (Wildman–Crippen MR) is 125 cm³/mol. The van der Waals surface area contributed by atoms with Crippen molar-refractivity contribution in [2.45, 2.75) is 25.5 Å². The topological polar surface area (TPSA) is 75.6 Å². The van der Waals surface area contributed by atoms with Gasteiger partial charge in [-0.05, 0) is 49.0 Å². The van der Waals surface area contributed by atoms with Gasteiger partial charge in [-0.2, -0.15) is 11.8 Å². The lowest BCUT2D eigenvalue weighted by atomic mass is 10.00. The van der Waals surface area contributed by atoms with Crippen LogP contribution in [0, 0.1) is 5.92 Å². The molecule has 2 N–H and O–H groups in total. The van der Waals surface area contributed by atoms with E-state index in [0.29, 0.717) is 24.2 Å². The van der Waals surface area contributed by atoms with Crippen LogP contribution >= 0.6 is 23.5 Å². The van der Waals surface area contributed by atoms with Crippen molar-refractivity contribution in [2.75, 3.05) is 24.9 Å². The molecule has 0 aromatic heterocycles. The van der Waals surface area contributed by atoms with Crippen LogP contribution in [0.25, 0.3) is 0 Å². The number of hydrogen-bond acceptors (Lipinski definition) is 6. The first-order valence-corrected chi connectivity index (χ1v) is 12.2. The maximum atomic E-state index is 12.8. The molecule has 0 radical (unpaired) electrons. The highest BCUT2D eigenvalue weighted by Crippen LogP contribution is 2.21. The summed E-state index contributed by atoms with van der Waals surface area (Å²) in [6.45, 7) is 0. The standard InChI is InChI=1S/C23H29NO4S2/c1-28-20-12-10-17(11-13-20)15-19(22(26)24-21(25)9-6-14-29-2)16-30-23(27)18-7-4-3-5-8-18/h3-5,7-8,10-13,19,21,25H,6,9,14-16H2,1-2H3,(H,24,26). The Labute approximate surface area is 187 Å². The van der Waals surface area contributed by atoms with Gasteiger partial charge in [0.05, 0.1) is 13.0 Å². The molecule has 0 saturated heterocycles. The molecule has 162 valence electrons. The Hall–Kier alpha value is -1.96. The lowest BCUT2D eigenvalue weighted by Gasteiger charge is -2.19. The summed E-state index contributed by atoms with van der Waals surface area (Å²) in [7, 11) is 1.61. The van der Waals surface area contributed by atoms with E-state index in [1.807, 2.05) is 48.7 Å². The number of carbonyl (C=O) groups excluding carboxylic acids is 2. The fourth-order valence-corrected chi connectivity index (χ4v) is 4.26. The maximum Gasteiger partial charge on any atom is 0.226 e. The van der Waals surface area contributed by atoms with Gasteiger partial charge in [0.15, 0.2) is 0 Å². The van der Waals surface area contributed by atoms with Gasteiger partial charge in [0, 0.05) is 11.3 Å². The van der Waals surface area contributed by atoms with Gasteiger partial charge in [0.25, 0.3) is 0 Å². The molecule has 0 aliphatic rings. The van der Waals surface area contributed by atoms with E-state index in [2.05, 4.69) is 5.32 Å². The summed E-state index contributed by atoms with van der Waals surface area (Å²) in [4.78, 5) is 25.3. The smallest absolute Gasteiger partial charge is 0.226 e. The zero-order chi connectivity index (χ0) is 21.8. The number of amides is 1. The van der Waals surface area contributed by atoms with Gasteiger partial charge in [-0.25, -0.2) is 0 Å². The van der Waals surface area contributed by atoms with Crippen molar-refractivity contribution in [3.05, 3.63) is 65.7 Å². The number of nitrogens with one attached hydrogen (secondary N) is 1. The second-order valence-corrected chi connectivity index (χ2v) is 8.85. The van der Waals surface area contributed by atoms with Crippen LogP contribution < -0.4 is 10.1 Å². The number of thioether (sulfide) groups is 2. The van der Waals surface area contributed by atoms with Crippen molar-refractivity contribution in [2.24, 2.45) is 5.92 Å². The number of aliphatic hydroxyl groups is 1. The third-order valence-corrected chi connectivity index (χ3v) is 6.34. The summed E-state index contributed by atoms with van der Waals surface area (Å²) in [6.07, 6.45) is 2.95. The van der Waals surface area contributed by atoms with Crippen LogP contribution in [-0.4, -0.2) is 47.2 Å². The number of methoxy groups -OCH3 is 1. The molecule has 0 aliphatic heterocycles. The first-order chi connectivity index (χ1) is 14.5. The SMILES string of the molecule is COc1ccc(CC(CSC(=O)c2ccccc2)C(=O)NC(O)CCCSC)cc1. The Kier molecular flexibility index (Phi) is 10.8. The fourth-order valence-electron chi connectivity index (χ4n) is 2.88. The molecule has 30 heavy (non-hydrogen) atoms. The molecule has 0 bridgehead atoms.